The summed E-state index contributed by atoms with van der Waals surface area (Å²) in [4.78, 5) is 11.1. The molecule has 1 aliphatic rings. The van der Waals surface area contributed by atoms with Crippen molar-refractivity contribution < 1.29 is 14.6 Å². The molecule has 0 aromatic rings. The first-order valence-electron chi connectivity index (χ1n) is 10.6. The van der Waals surface area contributed by atoms with Crippen LogP contribution < -0.4 is 0 Å². The van der Waals surface area contributed by atoms with Gasteiger partial charge < -0.3 is 9.84 Å². The van der Waals surface area contributed by atoms with Crippen molar-refractivity contribution in [2.45, 2.75) is 122 Å². The zero-order valence-electron chi connectivity index (χ0n) is 16.1. The van der Waals surface area contributed by atoms with Crippen LogP contribution in [0, 0.1) is 5.92 Å². The largest absolute Gasteiger partial charge is 0.481 e. The first-order chi connectivity index (χ1) is 11.7. The van der Waals surface area contributed by atoms with E-state index in [-0.39, 0.29) is 5.92 Å². The third-order valence-electron chi connectivity index (χ3n) is 5.31. The van der Waals surface area contributed by atoms with Crippen molar-refractivity contribution in [2.24, 2.45) is 5.92 Å². The first-order valence-corrected chi connectivity index (χ1v) is 10.6. The molecule has 1 heterocycles. The Morgan fingerprint density at radius 1 is 0.792 bits per heavy atom. The molecule has 3 nitrogen and oxygen atoms in total. The summed E-state index contributed by atoms with van der Waals surface area (Å²) in [6, 6.07) is 0. The summed E-state index contributed by atoms with van der Waals surface area (Å²) in [5.41, 5.74) is 0. The second kappa shape index (κ2) is 13.7. The molecule has 3 unspecified atom stereocenters. The average Bonchev–Trinajstić information content (AvgIpc) is 3.31. The molecule has 0 aromatic carbocycles. The van der Waals surface area contributed by atoms with Crippen LogP contribution >= 0.6 is 0 Å². The zero-order chi connectivity index (χ0) is 17.6. The van der Waals surface area contributed by atoms with Gasteiger partial charge in [0, 0.05) is 0 Å². The summed E-state index contributed by atoms with van der Waals surface area (Å²) in [6.45, 7) is 4.32. The van der Waals surface area contributed by atoms with E-state index in [2.05, 4.69) is 13.8 Å². The Kier molecular flexibility index (Phi) is 12.2. The molecule has 0 amide bonds. The second-order valence-corrected chi connectivity index (χ2v) is 7.58. The van der Waals surface area contributed by atoms with Gasteiger partial charge in [-0.2, -0.15) is 0 Å². The van der Waals surface area contributed by atoms with Gasteiger partial charge in [-0.1, -0.05) is 84.5 Å². The Balaban J connectivity index is 1.86. The van der Waals surface area contributed by atoms with Crippen molar-refractivity contribution in [2.75, 3.05) is 0 Å². The van der Waals surface area contributed by atoms with Crippen molar-refractivity contribution in [3.63, 3.8) is 0 Å². The van der Waals surface area contributed by atoms with Gasteiger partial charge in [-0.3, -0.25) is 4.79 Å². The normalized spacial score (nSPS) is 20.9. The predicted octanol–water partition coefficient (Wildman–Crippen LogP) is 6.35. The number of hydrogen-bond donors (Lipinski definition) is 1. The monoisotopic (exact) mass is 340 g/mol. The maximum Gasteiger partial charge on any atom is 0.306 e. The molecule has 142 valence electrons. The third-order valence-corrected chi connectivity index (χ3v) is 5.31. The summed E-state index contributed by atoms with van der Waals surface area (Å²) in [5.74, 6) is -0.732. The topological polar surface area (TPSA) is 49.8 Å². The van der Waals surface area contributed by atoms with Crippen LogP contribution in [0.5, 0.6) is 0 Å². The molecule has 1 fully saturated rings. The lowest BCUT2D eigenvalue weighted by Crippen LogP contribution is -2.13. The van der Waals surface area contributed by atoms with E-state index in [0.717, 1.165) is 25.7 Å². The molecule has 0 saturated carbocycles. The van der Waals surface area contributed by atoms with Crippen LogP contribution in [0.25, 0.3) is 0 Å². The van der Waals surface area contributed by atoms with Gasteiger partial charge in [-0.05, 0) is 25.7 Å². The third kappa shape index (κ3) is 10.3. The molecule has 1 N–H and O–H groups in total. The van der Waals surface area contributed by atoms with Gasteiger partial charge in [0.2, 0.25) is 0 Å². The SMILES string of the molecule is CCCCCCCCC1OC1CCCCCCC(CCC)C(=O)O. The summed E-state index contributed by atoms with van der Waals surface area (Å²) in [6.07, 6.45) is 19.1. The molecular weight excluding hydrogens is 300 g/mol. The number of carboxylic acids is 1. The molecule has 0 aliphatic carbocycles. The minimum Gasteiger partial charge on any atom is -0.481 e. The molecule has 24 heavy (non-hydrogen) atoms. The van der Waals surface area contributed by atoms with E-state index in [1.165, 1.54) is 70.6 Å². The summed E-state index contributed by atoms with van der Waals surface area (Å²) in [7, 11) is 0. The van der Waals surface area contributed by atoms with Gasteiger partial charge in [0.05, 0.1) is 18.1 Å². The van der Waals surface area contributed by atoms with Gasteiger partial charge in [-0.15, -0.1) is 0 Å². The predicted molar refractivity (Wildman–Crippen MR) is 100 cm³/mol. The van der Waals surface area contributed by atoms with E-state index >= 15 is 0 Å². The zero-order valence-corrected chi connectivity index (χ0v) is 16.1. The van der Waals surface area contributed by atoms with E-state index < -0.39 is 5.97 Å². The molecule has 3 heteroatoms. The smallest absolute Gasteiger partial charge is 0.306 e. The maximum absolute atomic E-state index is 11.1. The van der Waals surface area contributed by atoms with Crippen molar-refractivity contribution in [3.05, 3.63) is 0 Å². The Morgan fingerprint density at radius 3 is 1.88 bits per heavy atom. The van der Waals surface area contributed by atoms with Crippen LogP contribution in [0.2, 0.25) is 0 Å². The molecular formula is C21H40O3. The van der Waals surface area contributed by atoms with Crippen LogP contribution in [-0.4, -0.2) is 23.3 Å². The van der Waals surface area contributed by atoms with Gasteiger partial charge in [0.25, 0.3) is 0 Å². The van der Waals surface area contributed by atoms with Crippen LogP contribution in [0.15, 0.2) is 0 Å². The molecule has 1 aliphatic heterocycles. The summed E-state index contributed by atoms with van der Waals surface area (Å²) < 4.78 is 5.78. The number of carboxylic acid groups (broad SMARTS) is 1. The average molecular weight is 341 g/mol. The lowest BCUT2D eigenvalue weighted by molar-refractivity contribution is -0.142. The molecule has 3 atom stereocenters. The van der Waals surface area contributed by atoms with Crippen LogP contribution in [0.1, 0.15) is 110 Å². The fourth-order valence-electron chi connectivity index (χ4n) is 3.64. The van der Waals surface area contributed by atoms with Crippen molar-refractivity contribution >= 4 is 5.97 Å². The van der Waals surface area contributed by atoms with Crippen LogP contribution in [0.3, 0.4) is 0 Å². The number of ether oxygens (including phenoxy) is 1. The van der Waals surface area contributed by atoms with Crippen molar-refractivity contribution in [1.29, 1.82) is 0 Å². The van der Waals surface area contributed by atoms with Crippen LogP contribution in [0.4, 0.5) is 0 Å². The van der Waals surface area contributed by atoms with E-state index in [1.807, 2.05) is 0 Å². The fraction of sp³-hybridized carbons (Fsp3) is 0.952. The summed E-state index contributed by atoms with van der Waals surface area (Å²) >= 11 is 0. The Bertz CT molecular complexity index is 316. The highest BCUT2D eigenvalue weighted by Gasteiger charge is 2.36. The van der Waals surface area contributed by atoms with E-state index in [4.69, 9.17) is 9.84 Å². The Hall–Kier alpha value is -0.570. The van der Waals surface area contributed by atoms with Gasteiger partial charge in [-0.25, -0.2) is 0 Å². The molecule has 0 bridgehead atoms. The summed E-state index contributed by atoms with van der Waals surface area (Å²) in [5, 5.41) is 9.13. The van der Waals surface area contributed by atoms with Crippen molar-refractivity contribution in [3.8, 4) is 0 Å². The molecule has 1 rings (SSSR count). The molecule has 1 saturated heterocycles. The highest BCUT2D eigenvalue weighted by molar-refractivity contribution is 5.69. The van der Waals surface area contributed by atoms with Gasteiger partial charge in [0.15, 0.2) is 0 Å². The highest BCUT2D eigenvalue weighted by atomic mass is 16.6. The quantitative estimate of drug-likeness (QED) is 0.248. The molecule has 0 spiro atoms. The van der Waals surface area contributed by atoms with Gasteiger partial charge >= 0.3 is 5.97 Å². The fourth-order valence-corrected chi connectivity index (χ4v) is 3.64. The number of carbonyl (C=O) groups is 1. The van der Waals surface area contributed by atoms with Crippen LogP contribution in [-0.2, 0) is 9.53 Å². The number of epoxide rings is 1. The number of hydrogen-bond acceptors (Lipinski definition) is 2. The minimum atomic E-state index is -0.610. The lowest BCUT2D eigenvalue weighted by atomic mass is 9.96. The van der Waals surface area contributed by atoms with Crippen molar-refractivity contribution in [1.82, 2.24) is 0 Å². The lowest BCUT2D eigenvalue weighted by Gasteiger charge is -2.10. The molecule has 0 radical (unpaired) electrons. The minimum absolute atomic E-state index is 0.122. The standard InChI is InChI=1S/C21H40O3/c1-3-5-6-7-8-12-16-19-20(24-19)17-13-10-9-11-15-18(14-4-2)21(22)23/h18-20H,3-17H2,1-2H3,(H,22,23). The van der Waals surface area contributed by atoms with E-state index in [9.17, 15) is 4.79 Å². The second-order valence-electron chi connectivity index (χ2n) is 7.58. The van der Waals surface area contributed by atoms with E-state index in [1.54, 1.807) is 0 Å². The van der Waals surface area contributed by atoms with Gasteiger partial charge in [0.1, 0.15) is 0 Å². The Labute approximate surface area is 149 Å². The number of aliphatic carboxylic acids is 1. The number of unbranched alkanes of at least 4 members (excludes halogenated alkanes) is 8. The molecule has 0 aromatic heterocycles. The number of rotatable bonds is 17. The van der Waals surface area contributed by atoms with E-state index in [0.29, 0.717) is 12.2 Å². The highest BCUT2D eigenvalue weighted by Crippen LogP contribution is 2.32. The Morgan fingerprint density at radius 2 is 1.33 bits per heavy atom. The first kappa shape index (κ1) is 21.5. The maximum atomic E-state index is 11.1.